The lowest BCUT2D eigenvalue weighted by atomic mass is 10.1. The first-order valence-electron chi connectivity index (χ1n) is 6.80. The van der Waals surface area contributed by atoms with Crippen LogP contribution in [0.15, 0.2) is 65.6 Å². The number of nitrogens with two attached hydrogens (primary N) is 1. The number of thioether (sulfide) groups is 1. The summed E-state index contributed by atoms with van der Waals surface area (Å²) in [4.78, 5) is 1.25. The third kappa shape index (κ3) is 3.14. The first kappa shape index (κ1) is 13.8. The second-order valence-corrected chi connectivity index (χ2v) is 5.92. The van der Waals surface area contributed by atoms with Crippen LogP contribution in [0.4, 0.5) is 5.69 Å². The molecule has 21 heavy (non-hydrogen) atoms. The minimum absolute atomic E-state index is 0.768. The van der Waals surface area contributed by atoms with Crippen molar-refractivity contribution in [3.63, 3.8) is 0 Å². The third-order valence-corrected chi connectivity index (χ3v) is 4.46. The molecule has 0 amide bonds. The number of hydrogen-bond donors (Lipinski definition) is 1. The van der Waals surface area contributed by atoms with Crippen molar-refractivity contribution in [1.82, 2.24) is 0 Å². The molecule has 0 fully saturated rings. The Morgan fingerprint density at radius 2 is 1.76 bits per heavy atom. The van der Waals surface area contributed by atoms with E-state index in [9.17, 15) is 0 Å². The maximum absolute atomic E-state index is 5.86. The van der Waals surface area contributed by atoms with E-state index in [1.54, 1.807) is 18.9 Å². The van der Waals surface area contributed by atoms with Crippen LogP contribution in [0.3, 0.4) is 0 Å². The molecule has 0 saturated heterocycles. The lowest BCUT2D eigenvalue weighted by molar-refractivity contribution is 0.411. The van der Waals surface area contributed by atoms with Gasteiger partial charge >= 0.3 is 0 Å². The Balaban J connectivity index is 1.81. The Bertz CT molecular complexity index is 770. The molecule has 0 radical (unpaired) electrons. The predicted octanol–water partition coefficient (Wildman–Crippen LogP) is 4.72. The number of hydrogen-bond acceptors (Lipinski definition) is 3. The zero-order chi connectivity index (χ0) is 14.7. The summed E-state index contributed by atoms with van der Waals surface area (Å²) in [5, 5.41) is 2.53. The summed E-state index contributed by atoms with van der Waals surface area (Å²) in [6.45, 7) is 0. The molecule has 2 nitrogen and oxygen atoms in total. The van der Waals surface area contributed by atoms with Crippen molar-refractivity contribution in [1.29, 1.82) is 0 Å². The topological polar surface area (TPSA) is 35.2 Å². The van der Waals surface area contributed by atoms with E-state index in [4.69, 9.17) is 10.5 Å². The van der Waals surface area contributed by atoms with Crippen molar-refractivity contribution in [2.75, 3.05) is 12.8 Å². The monoisotopic (exact) mass is 295 g/mol. The van der Waals surface area contributed by atoms with Gasteiger partial charge in [-0.05, 0) is 41.1 Å². The summed E-state index contributed by atoms with van der Waals surface area (Å²) in [5.41, 5.74) is 7.75. The summed E-state index contributed by atoms with van der Waals surface area (Å²) in [6, 6.07) is 20.7. The minimum atomic E-state index is 0.768. The molecule has 0 saturated carbocycles. The number of rotatable bonds is 4. The number of anilines is 1. The largest absolute Gasteiger partial charge is 0.496 e. The molecule has 3 rings (SSSR count). The average Bonchev–Trinajstić information content (AvgIpc) is 2.53. The molecule has 0 aliphatic carbocycles. The van der Waals surface area contributed by atoms with Crippen molar-refractivity contribution >= 4 is 28.2 Å². The van der Waals surface area contributed by atoms with Crippen LogP contribution in [0, 0.1) is 0 Å². The summed E-state index contributed by atoms with van der Waals surface area (Å²) < 4.78 is 5.39. The van der Waals surface area contributed by atoms with E-state index in [-0.39, 0.29) is 0 Å². The van der Waals surface area contributed by atoms with Crippen molar-refractivity contribution in [2.24, 2.45) is 0 Å². The van der Waals surface area contributed by atoms with Gasteiger partial charge in [-0.1, -0.05) is 30.3 Å². The van der Waals surface area contributed by atoms with Gasteiger partial charge in [0.2, 0.25) is 0 Å². The van der Waals surface area contributed by atoms with Crippen LogP contribution in [0.5, 0.6) is 5.75 Å². The van der Waals surface area contributed by atoms with E-state index in [2.05, 4.69) is 42.5 Å². The maximum atomic E-state index is 5.86. The average molecular weight is 295 g/mol. The maximum Gasteiger partial charge on any atom is 0.123 e. The predicted molar refractivity (Wildman–Crippen MR) is 90.9 cm³/mol. The van der Waals surface area contributed by atoms with E-state index in [0.717, 1.165) is 22.8 Å². The van der Waals surface area contributed by atoms with E-state index >= 15 is 0 Å². The molecule has 3 heteroatoms. The molecule has 3 aromatic rings. The quantitative estimate of drug-likeness (QED) is 0.558. The van der Waals surface area contributed by atoms with Crippen LogP contribution in [-0.4, -0.2) is 7.11 Å². The molecule has 0 heterocycles. The van der Waals surface area contributed by atoms with Gasteiger partial charge < -0.3 is 10.5 Å². The summed E-state index contributed by atoms with van der Waals surface area (Å²) in [7, 11) is 1.69. The highest BCUT2D eigenvalue weighted by Gasteiger charge is 2.05. The van der Waals surface area contributed by atoms with E-state index in [1.807, 2.05) is 18.2 Å². The molecule has 0 aliphatic rings. The molecule has 0 atom stereocenters. The molecule has 0 aromatic heterocycles. The van der Waals surface area contributed by atoms with E-state index in [0.29, 0.717) is 0 Å². The zero-order valence-electron chi connectivity index (χ0n) is 11.9. The fraction of sp³-hybridized carbons (Fsp3) is 0.111. The van der Waals surface area contributed by atoms with Crippen molar-refractivity contribution < 1.29 is 4.74 Å². The van der Waals surface area contributed by atoms with Crippen LogP contribution in [0.25, 0.3) is 10.8 Å². The zero-order valence-corrected chi connectivity index (χ0v) is 12.7. The van der Waals surface area contributed by atoms with Gasteiger partial charge in [-0.25, -0.2) is 0 Å². The first-order valence-corrected chi connectivity index (χ1v) is 7.79. The highest BCUT2D eigenvalue weighted by molar-refractivity contribution is 7.98. The highest BCUT2D eigenvalue weighted by atomic mass is 32.2. The molecule has 106 valence electrons. The highest BCUT2D eigenvalue weighted by Crippen LogP contribution is 2.30. The lowest BCUT2D eigenvalue weighted by Gasteiger charge is -2.09. The van der Waals surface area contributed by atoms with Gasteiger partial charge in [0.15, 0.2) is 0 Å². The van der Waals surface area contributed by atoms with Gasteiger partial charge in [-0.15, -0.1) is 11.8 Å². The number of fused-ring (bicyclic) bond motifs is 1. The fourth-order valence-electron chi connectivity index (χ4n) is 2.33. The van der Waals surface area contributed by atoms with Crippen LogP contribution >= 0.6 is 11.8 Å². The third-order valence-electron chi connectivity index (χ3n) is 3.42. The number of methoxy groups -OCH3 is 1. The summed E-state index contributed by atoms with van der Waals surface area (Å²) in [6.07, 6.45) is 0. The molecule has 0 unspecified atom stereocenters. The van der Waals surface area contributed by atoms with Crippen LogP contribution in [0.1, 0.15) is 5.56 Å². The van der Waals surface area contributed by atoms with Gasteiger partial charge in [-0.2, -0.15) is 0 Å². The van der Waals surface area contributed by atoms with Crippen LogP contribution < -0.4 is 10.5 Å². The van der Waals surface area contributed by atoms with Crippen LogP contribution in [0.2, 0.25) is 0 Å². The first-order chi connectivity index (χ1) is 10.3. The second kappa shape index (κ2) is 6.10. The number of ether oxygens (including phenoxy) is 1. The molecule has 0 spiro atoms. The molecular weight excluding hydrogens is 278 g/mol. The SMILES string of the molecule is COc1ccc(N)cc1CSc1ccc2ccccc2c1. The van der Waals surface area contributed by atoms with Gasteiger partial charge in [0.1, 0.15) is 5.75 Å². The Morgan fingerprint density at radius 3 is 2.57 bits per heavy atom. The summed E-state index contributed by atoms with van der Waals surface area (Å²) >= 11 is 1.79. The number of nitrogen functional groups attached to an aromatic ring is 1. The van der Waals surface area contributed by atoms with E-state index in [1.165, 1.54) is 15.7 Å². The smallest absolute Gasteiger partial charge is 0.123 e. The summed E-state index contributed by atoms with van der Waals surface area (Å²) in [5.74, 6) is 1.73. The van der Waals surface area contributed by atoms with Gasteiger partial charge in [-0.3, -0.25) is 0 Å². The van der Waals surface area contributed by atoms with Crippen molar-refractivity contribution in [2.45, 2.75) is 10.6 Å². The molecular formula is C18H17NOS. The molecule has 0 bridgehead atoms. The fourth-order valence-corrected chi connectivity index (χ4v) is 3.25. The lowest BCUT2D eigenvalue weighted by Crippen LogP contribution is -1.93. The Kier molecular flexibility index (Phi) is 4.02. The number of benzene rings is 3. The standard InChI is InChI=1S/C18H17NOS/c1-20-18-9-7-16(19)10-15(18)12-21-17-8-6-13-4-2-3-5-14(13)11-17/h2-11H,12,19H2,1H3. The van der Waals surface area contributed by atoms with Gasteiger partial charge in [0.25, 0.3) is 0 Å². The van der Waals surface area contributed by atoms with Gasteiger partial charge in [0, 0.05) is 21.9 Å². The normalized spacial score (nSPS) is 10.7. The Morgan fingerprint density at radius 1 is 0.952 bits per heavy atom. The minimum Gasteiger partial charge on any atom is -0.496 e. The molecule has 0 aliphatic heterocycles. The molecule has 3 aromatic carbocycles. The Hall–Kier alpha value is -2.13. The van der Waals surface area contributed by atoms with Crippen LogP contribution in [-0.2, 0) is 5.75 Å². The van der Waals surface area contributed by atoms with Crippen molar-refractivity contribution in [3.05, 3.63) is 66.2 Å². The van der Waals surface area contributed by atoms with Crippen molar-refractivity contribution in [3.8, 4) is 5.75 Å². The van der Waals surface area contributed by atoms with E-state index < -0.39 is 0 Å². The van der Waals surface area contributed by atoms with Gasteiger partial charge in [0.05, 0.1) is 7.11 Å². The second-order valence-electron chi connectivity index (χ2n) is 4.87. The molecule has 2 N–H and O–H groups in total. The Labute approximate surface area is 128 Å².